The molecule has 0 fully saturated rings. The van der Waals surface area contributed by atoms with Gasteiger partial charge in [-0.3, -0.25) is 4.79 Å². The molecule has 0 saturated heterocycles. The maximum Gasteiger partial charge on any atom is 0.226 e. The molecule has 0 atom stereocenters. The average Bonchev–Trinajstić information content (AvgIpc) is 3.13. The number of aromatic nitrogens is 4. The molecule has 0 aliphatic heterocycles. The van der Waals surface area contributed by atoms with Gasteiger partial charge in [0, 0.05) is 24.8 Å². The third kappa shape index (κ3) is 3.14. The predicted octanol–water partition coefficient (Wildman–Crippen LogP) is 3.70. The average molecular weight is 317 g/mol. The molecule has 3 aromatic heterocycles. The number of H-pyrrole nitrogens is 1. The van der Waals surface area contributed by atoms with Gasteiger partial charge in [-0.2, -0.15) is 0 Å². The first-order valence-corrected chi connectivity index (χ1v) is 8.05. The Morgan fingerprint density at radius 2 is 2.32 bits per heavy atom. The zero-order valence-electron chi connectivity index (χ0n) is 12.5. The molecule has 3 aromatic rings. The van der Waals surface area contributed by atoms with Crippen LogP contribution in [0.25, 0.3) is 22.4 Å². The number of nitrogens with one attached hydrogen (secondary N) is 2. The first-order valence-electron chi connectivity index (χ1n) is 7.17. The van der Waals surface area contributed by atoms with E-state index in [1.807, 2.05) is 17.6 Å². The van der Waals surface area contributed by atoms with Gasteiger partial charge in [-0.15, -0.1) is 11.3 Å². The Morgan fingerprint density at radius 1 is 1.45 bits per heavy atom. The number of thiazole rings is 1. The van der Waals surface area contributed by atoms with E-state index in [2.05, 4.69) is 39.1 Å². The van der Waals surface area contributed by atoms with Crippen molar-refractivity contribution in [1.82, 2.24) is 19.9 Å². The number of hydrogen-bond donors (Lipinski definition) is 2. The van der Waals surface area contributed by atoms with Crippen molar-refractivity contribution in [1.29, 1.82) is 0 Å². The molecule has 0 aromatic carbocycles. The van der Waals surface area contributed by atoms with Crippen molar-refractivity contribution in [3.8, 4) is 11.4 Å². The maximum atomic E-state index is 11.9. The van der Waals surface area contributed by atoms with E-state index in [0.717, 1.165) is 28.8 Å². The monoisotopic (exact) mass is 317 g/mol. The van der Waals surface area contributed by atoms with E-state index in [1.165, 1.54) is 17.7 Å². The Labute approximate surface area is 133 Å². The summed E-state index contributed by atoms with van der Waals surface area (Å²) in [5.74, 6) is 0.518. The summed E-state index contributed by atoms with van der Waals surface area (Å²) in [5.41, 5.74) is 2.29. The molecule has 2 N–H and O–H groups in total. The van der Waals surface area contributed by atoms with E-state index in [0.29, 0.717) is 17.5 Å². The molecule has 0 spiro atoms. The summed E-state index contributed by atoms with van der Waals surface area (Å²) in [7, 11) is 0. The smallest absolute Gasteiger partial charge is 0.226 e. The summed E-state index contributed by atoms with van der Waals surface area (Å²) in [6.45, 7) is 4.21. The van der Waals surface area contributed by atoms with Gasteiger partial charge in [-0.25, -0.2) is 15.0 Å². The van der Waals surface area contributed by atoms with Gasteiger partial charge < -0.3 is 10.3 Å². The number of amides is 1. The third-order valence-electron chi connectivity index (χ3n) is 3.30. The van der Waals surface area contributed by atoms with Gasteiger partial charge in [-0.1, -0.05) is 13.8 Å². The summed E-state index contributed by atoms with van der Waals surface area (Å²) in [6.07, 6.45) is 4.72. The normalized spacial score (nSPS) is 11.2. The molecule has 0 saturated carbocycles. The number of carbonyl (C=O) groups is 1. The van der Waals surface area contributed by atoms with E-state index in [4.69, 9.17) is 0 Å². The predicted molar refractivity (Wildman–Crippen MR) is 89.8 cm³/mol. The number of aromatic amines is 1. The second-order valence-corrected chi connectivity index (χ2v) is 6.34. The largest absolute Gasteiger partial charge is 0.346 e. The Morgan fingerprint density at radius 3 is 3.14 bits per heavy atom. The minimum Gasteiger partial charge on any atom is -0.346 e. The number of hydrogen-bond acceptors (Lipinski definition) is 5. The first kappa shape index (κ1) is 14.6. The van der Waals surface area contributed by atoms with Crippen LogP contribution < -0.4 is 5.32 Å². The molecule has 1 amide bonds. The lowest BCUT2D eigenvalue weighted by Gasteiger charge is -2.03. The fraction of sp³-hybridized carbons (Fsp3) is 0.333. The highest BCUT2D eigenvalue weighted by atomic mass is 32.1. The van der Waals surface area contributed by atoms with Crippen LogP contribution in [0.5, 0.6) is 0 Å². The van der Waals surface area contributed by atoms with Gasteiger partial charge in [0.05, 0.1) is 0 Å². The Balaban J connectivity index is 0.00000192. The van der Waals surface area contributed by atoms with Crippen LogP contribution in [0.15, 0.2) is 24.0 Å². The van der Waals surface area contributed by atoms with Crippen LogP contribution >= 0.6 is 11.3 Å². The Bertz CT molecular complexity index is 798. The minimum atomic E-state index is 0. The number of carbonyl (C=O) groups excluding carboxylic acids is 1. The fourth-order valence-corrected chi connectivity index (χ4v) is 2.83. The van der Waals surface area contributed by atoms with Crippen molar-refractivity contribution in [3.05, 3.63) is 24.0 Å². The van der Waals surface area contributed by atoms with Gasteiger partial charge >= 0.3 is 0 Å². The molecule has 0 aliphatic carbocycles. The number of rotatable bonds is 5. The fourth-order valence-electron chi connectivity index (χ4n) is 2.12. The van der Waals surface area contributed by atoms with Crippen LogP contribution in [0.4, 0.5) is 5.13 Å². The molecule has 0 radical (unpaired) electrons. The zero-order chi connectivity index (χ0) is 15.5. The van der Waals surface area contributed by atoms with Crippen molar-refractivity contribution < 1.29 is 6.22 Å². The van der Waals surface area contributed by atoms with Crippen LogP contribution in [0.1, 0.15) is 28.1 Å². The van der Waals surface area contributed by atoms with Crippen molar-refractivity contribution >= 4 is 33.4 Å². The molecule has 3 rings (SSSR count). The van der Waals surface area contributed by atoms with E-state index in [-0.39, 0.29) is 7.33 Å². The lowest BCUT2D eigenvalue weighted by atomic mass is 10.1. The van der Waals surface area contributed by atoms with Crippen molar-refractivity contribution in [3.63, 3.8) is 0 Å². The van der Waals surface area contributed by atoms with E-state index in [9.17, 15) is 4.79 Å². The van der Waals surface area contributed by atoms with Crippen LogP contribution in [-0.4, -0.2) is 25.8 Å². The van der Waals surface area contributed by atoms with E-state index >= 15 is 0 Å². The molecule has 3 heterocycles. The van der Waals surface area contributed by atoms with Crippen LogP contribution in [0.3, 0.4) is 0 Å². The summed E-state index contributed by atoms with van der Waals surface area (Å²) < 4.78 is 0. The lowest BCUT2D eigenvalue weighted by molar-refractivity contribution is -0.116. The van der Waals surface area contributed by atoms with Crippen molar-refractivity contribution in [2.24, 2.45) is 5.92 Å². The molecule has 7 heteroatoms. The van der Waals surface area contributed by atoms with Gasteiger partial charge in [0.25, 0.3) is 0 Å². The van der Waals surface area contributed by atoms with Gasteiger partial charge in [0.15, 0.2) is 5.13 Å². The third-order valence-corrected chi connectivity index (χ3v) is 4.05. The summed E-state index contributed by atoms with van der Waals surface area (Å²) >= 11 is 1.40. The lowest BCUT2D eigenvalue weighted by Crippen LogP contribution is -2.11. The van der Waals surface area contributed by atoms with Crippen molar-refractivity contribution in [2.75, 3.05) is 5.32 Å². The Kier molecular flexibility index (Phi) is 4.15. The highest BCUT2D eigenvalue weighted by Crippen LogP contribution is 2.28. The number of nitrogens with zero attached hydrogens (tertiary/aromatic N) is 3. The SMILES string of the molecule is CC(C)CCC(=O)Nc1nc(-c2ncnc3[nH]ccc23)cs1.[HH]. The molecule has 0 aliphatic rings. The second-order valence-electron chi connectivity index (χ2n) is 5.48. The summed E-state index contributed by atoms with van der Waals surface area (Å²) in [5, 5.41) is 6.27. The highest BCUT2D eigenvalue weighted by Gasteiger charge is 2.12. The molecule has 0 bridgehead atoms. The molecular weight excluding hydrogens is 298 g/mol. The molecule has 116 valence electrons. The molecular formula is C15H19N5OS. The van der Waals surface area contributed by atoms with E-state index < -0.39 is 0 Å². The summed E-state index contributed by atoms with van der Waals surface area (Å²) in [6, 6.07) is 1.92. The first-order chi connectivity index (χ1) is 10.6. The number of anilines is 1. The van der Waals surface area contributed by atoms with E-state index in [1.54, 1.807) is 0 Å². The quantitative estimate of drug-likeness (QED) is 0.751. The van der Waals surface area contributed by atoms with Crippen LogP contribution in [-0.2, 0) is 4.79 Å². The number of fused-ring (bicyclic) bond motifs is 1. The molecule has 6 nitrogen and oxygen atoms in total. The highest BCUT2D eigenvalue weighted by molar-refractivity contribution is 7.14. The second kappa shape index (κ2) is 6.23. The molecule has 22 heavy (non-hydrogen) atoms. The van der Waals surface area contributed by atoms with Gasteiger partial charge in [0.2, 0.25) is 5.91 Å². The zero-order valence-corrected chi connectivity index (χ0v) is 13.3. The minimum absolute atomic E-state index is 0. The molecule has 0 unspecified atom stereocenters. The Hall–Kier alpha value is -2.28. The topological polar surface area (TPSA) is 83.6 Å². The standard InChI is InChI=1S/C15H17N5OS.H2/c1-9(2)3-4-12(21)20-15-19-11(7-22-15)13-10-5-6-16-14(10)18-8-17-13;/h5-9H,3-4H2,1-2H3,(H,16,17,18)(H,19,20,21);1H. The van der Waals surface area contributed by atoms with Crippen LogP contribution in [0.2, 0.25) is 0 Å². The maximum absolute atomic E-state index is 11.9. The van der Waals surface area contributed by atoms with Crippen molar-refractivity contribution in [2.45, 2.75) is 26.7 Å². The van der Waals surface area contributed by atoms with Gasteiger partial charge in [-0.05, 0) is 18.4 Å². The van der Waals surface area contributed by atoms with Crippen LogP contribution in [0, 0.1) is 5.92 Å². The summed E-state index contributed by atoms with van der Waals surface area (Å²) in [4.78, 5) is 27.8. The van der Waals surface area contributed by atoms with Gasteiger partial charge in [0.1, 0.15) is 23.4 Å².